The summed E-state index contributed by atoms with van der Waals surface area (Å²) in [5.41, 5.74) is 4.69. The summed E-state index contributed by atoms with van der Waals surface area (Å²) in [6.45, 7) is 1.31. The van der Waals surface area contributed by atoms with Crippen molar-refractivity contribution in [1.29, 1.82) is 0 Å². The van der Waals surface area contributed by atoms with Crippen molar-refractivity contribution in [2.75, 3.05) is 0 Å². The van der Waals surface area contributed by atoms with Crippen LogP contribution in [-0.4, -0.2) is 11.9 Å². The Morgan fingerprint density at radius 2 is 1.57 bits per heavy atom. The van der Waals surface area contributed by atoms with Gasteiger partial charge >= 0.3 is 22.4 Å². The van der Waals surface area contributed by atoms with Crippen LogP contribution >= 0.6 is 0 Å². The number of hydrogen-bond acceptors (Lipinski definition) is 3. The molecule has 5 heteroatoms. The maximum atomic E-state index is 10.1. The molecule has 4 nitrogen and oxygen atoms in total. The molecule has 0 heterocycles. The zero-order valence-electron chi connectivity index (χ0n) is 7.49. The first-order chi connectivity index (χ1) is 6.04. The van der Waals surface area contributed by atoms with E-state index >= 15 is 0 Å². The molecule has 0 spiro atoms. The molecule has 2 N–H and O–H groups in total. The van der Waals surface area contributed by atoms with Crippen molar-refractivity contribution in [2.45, 2.75) is 6.92 Å². The number of carboxylic acid groups (broad SMARTS) is 1. The molecule has 0 aliphatic carbocycles. The van der Waals surface area contributed by atoms with Crippen molar-refractivity contribution in [1.82, 2.24) is 0 Å². The van der Waals surface area contributed by atoms with E-state index in [0.717, 1.165) is 0 Å². The van der Waals surface area contributed by atoms with Gasteiger partial charge in [-0.3, -0.25) is 4.79 Å². The minimum atomic E-state index is -1.13. The van der Waals surface area contributed by atoms with Gasteiger partial charge in [0.2, 0.25) is 5.91 Å². The molecule has 14 heavy (non-hydrogen) atoms. The molecule has 0 aliphatic heterocycles. The molecule has 0 bridgehead atoms. The topological polar surface area (TPSA) is 83.2 Å². The molecule has 0 fully saturated rings. The van der Waals surface area contributed by atoms with E-state index in [1.165, 1.54) is 19.1 Å². The predicted octanol–water partition coefficient (Wildman–Crippen LogP) is -0.461. The Labute approximate surface area is 97.6 Å². The Bertz CT molecular complexity index is 283. The summed E-state index contributed by atoms with van der Waals surface area (Å²) in [6, 6.07) is 8.06. The number of rotatable bonds is 1. The van der Waals surface area contributed by atoms with E-state index in [-0.39, 0.29) is 33.9 Å². The SMILES string of the molecule is CC(N)=O.O=C([O-])c1ccccc1.[Ag+]. The summed E-state index contributed by atoms with van der Waals surface area (Å²) >= 11 is 0. The fourth-order valence-corrected chi connectivity index (χ4v) is 0.574. The van der Waals surface area contributed by atoms with Crippen LogP contribution in [0.4, 0.5) is 0 Å². The second kappa shape index (κ2) is 8.50. The third-order valence-corrected chi connectivity index (χ3v) is 1.01. The Hall–Kier alpha value is -1.10. The number of carbonyl (C=O) groups is 2. The summed E-state index contributed by atoms with van der Waals surface area (Å²) < 4.78 is 0. The normalized spacial score (nSPS) is 7.50. The van der Waals surface area contributed by atoms with Crippen LogP contribution < -0.4 is 10.8 Å². The molecule has 0 atom stereocenters. The molecule has 1 aromatic carbocycles. The van der Waals surface area contributed by atoms with Gasteiger partial charge in [0.25, 0.3) is 0 Å². The molecule has 0 radical (unpaired) electrons. The van der Waals surface area contributed by atoms with E-state index in [0.29, 0.717) is 0 Å². The first-order valence-electron chi connectivity index (χ1n) is 3.56. The Morgan fingerprint density at radius 3 is 1.79 bits per heavy atom. The van der Waals surface area contributed by atoms with Crippen molar-refractivity contribution in [2.24, 2.45) is 5.73 Å². The van der Waals surface area contributed by atoms with Crippen LogP contribution in [0.1, 0.15) is 17.3 Å². The van der Waals surface area contributed by atoms with Crippen LogP contribution in [0.5, 0.6) is 0 Å². The number of carboxylic acids is 1. The number of aromatic carboxylic acids is 1. The molecular weight excluding hydrogens is 278 g/mol. The minimum absolute atomic E-state index is 0. The third kappa shape index (κ3) is 8.99. The molecule has 1 rings (SSSR count). The number of nitrogens with two attached hydrogens (primary N) is 1. The number of primary amides is 1. The Morgan fingerprint density at radius 1 is 1.21 bits per heavy atom. The summed E-state index contributed by atoms with van der Waals surface area (Å²) in [6.07, 6.45) is 0. The van der Waals surface area contributed by atoms with Gasteiger partial charge in [0.1, 0.15) is 0 Å². The van der Waals surface area contributed by atoms with E-state index in [9.17, 15) is 14.7 Å². The quantitative estimate of drug-likeness (QED) is 0.710. The second-order valence-electron chi connectivity index (χ2n) is 2.26. The number of benzene rings is 1. The van der Waals surface area contributed by atoms with E-state index in [2.05, 4.69) is 5.73 Å². The van der Waals surface area contributed by atoms with E-state index in [1.807, 2.05) is 0 Å². The zero-order chi connectivity index (χ0) is 10.3. The van der Waals surface area contributed by atoms with Crippen LogP contribution in [0.15, 0.2) is 30.3 Å². The van der Waals surface area contributed by atoms with Crippen molar-refractivity contribution in [3.63, 3.8) is 0 Å². The van der Waals surface area contributed by atoms with E-state index in [1.54, 1.807) is 18.2 Å². The molecule has 1 aromatic rings. The monoisotopic (exact) mass is 287 g/mol. The predicted molar refractivity (Wildman–Crippen MR) is 45.6 cm³/mol. The van der Waals surface area contributed by atoms with E-state index < -0.39 is 5.97 Å². The van der Waals surface area contributed by atoms with Crippen molar-refractivity contribution < 1.29 is 37.1 Å². The van der Waals surface area contributed by atoms with Gasteiger partial charge in [-0.2, -0.15) is 0 Å². The first kappa shape index (κ1) is 15.4. The second-order valence-corrected chi connectivity index (χ2v) is 2.26. The van der Waals surface area contributed by atoms with Crippen LogP contribution in [-0.2, 0) is 27.2 Å². The summed E-state index contributed by atoms with van der Waals surface area (Å²) in [5.74, 6) is -1.46. The number of carbonyl (C=O) groups excluding carboxylic acids is 2. The first-order valence-corrected chi connectivity index (χ1v) is 3.56. The molecule has 0 aliphatic rings. The van der Waals surface area contributed by atoms with Gasteiger partial charge < -0.3 is 15.6 Å². The maximum Gasteiger partial charge on any atom is 1.00 e. The fourth-order valence-electron chi connectivity index (χ4n) is 0.574. The van der Waals surface area contributed by atoms with Crippen LogP contribution in [0.2, 0.25) is 0 Å². The van der Waals surface area contributed by atoms with Gasteiger partial charge in [0.15, 0.2) is 0 Å². The van der Waals surface area contributed by atoms with Crippen molar-refractivity contribution >= 4 is 11.9 Å². The Balaban J connectivity index is 0. The van der Waals surface area contributed by atoms with Gasteiger partial charge in [0, 0.05) is 6.92 Å². The number of hydrogen-bond donors (Lipinski definition) is 1. The average Bonchev–Trinajstić information content (AvgIpc) is 2.05. The van der Waals surface area contributed by atoms with E-state index in [4.69, 9.17) is 0 Å². The van der Waals surface area contributed by atoms with Crippen LogP contribution in [0.25, 0.3) is 0 Å². The van der Waals surface area contributed by atoms with Crippen molar-refractivity contribution in [3.05, 3.63) is 35.9 Å². The molecule has 0 saturated heterocycles. The molecule has 0 aromatic heterocycles. The summed E-state index contributed by atoms with van der Waals surface area (Å²) in [5, 5.41) is 10.1. The zero-order valence-corrected chi connectivity index (χ0v) is 8.97. The standard InChI is InChI=1S/C7H6O2.C2H5NO.Ag/c8-7(9)6-4-2-1-3-5-6;1-2(3)4;/h1-5H,(H,8,9);1H3,(H2,3,4);/q;;+1/p-1. The summed E-state index contributed by atoms with van der Waals surface area (Å²) in [7, 11) is 0. The van der Waals surface area contributed by atoms with Crippen LogP contribution in [0, 0.1) is 0 Å². The van der Waals surface area contributed by atoms with Gasteiger partial charge in [0.05, 0.1) is 5.97 Å². The smallest absolute Gasteiger partial charge is 0.545 e. The Kier molecular flexibility index (Phi) is 9.33. The fraction of sp³-hybridized carbons (Fsp3) is 0.111. The van der Waals surface area contributed by atoms with Gasteiger partial charge in [-0.05, 0) is 5.56 Å². The summed E-state index contributed by atoms with van der Waals surface area (Å²) in [4.78, 5) is 19.3. The van der Waals surface area contributed by atoms with Gasteiger partial charge in [-0.1, -0.05) is 30.3 Å². The third-order valence-electron chi connectivity index (χ3n) is 1.01. The number of amides is 1. The van der Waals surface area contributed by atoms with Crippen molar-refractivity contribution in [3.8, 4) is 0 Å². The molecule has 1 amide bonds. The average molecular weight is 288 g/mol. The molecule has 80 valence electrons. The largest absolute Gasteiger partial charge is 1.00 e. The molecular formula is C9H10AgNO3. The molecule has 0 unspecified atom stereocenters. The maximum absolute atomic E-state index is 10.1. The van der Waals surface area contributed by atoms with Crippen LogP contribution in [0.3, 0.4) is 0 Å². The van der Waals surface area contributed by atoms with Gasteiger partial charge in [-0.15, -0.1) is 0 Å². The van der Waals surface area contributed by atoms with Gasteiger partial charge in [-0.25, -0.2) is 0 Å². The minimum Gasteiger partial charge on any atom is -0.545 e. The molecule has 0 saturated carbocycles.